The Morgan fingerprint density at radius 3 is 2.42 bits per heavy atom. The van der Waals surface area contributed by atoms with Gasteiger partial charge in [-0.15, -0.1) is 10.2 Å². The van der Waals surface area contributed by atoms with Crippen LogP contribution in [0, 0.1) is 0 Å². The zero-order valence-corrected chi connectivity index (χ0v) is 17.8. The van der Waals surface area contributed by atoms with Crippen molar-refractivity contribution in [3.8, 4) is 22.5 Å². The molecule has 2 heterocycles. The average Bonchev–Trinajstić information content (AvgIpc) is 3.41. The number of ether oxygens (including phenoxy) is 1. The fraction of sp³-hybridized carbons (Fsp3) is 0.273. The van der Waals surface area contributed by atoms with Gasteiger partial charge in [-0.25, -0.2) is 10.2 Å². The van der Waals surface area contributed by atoms with Gasteiger partial charge < -0.3 is 9.75 Å². The summed E-state index contributed by atoms with van der Waals surface area (Å²) in [7, 11) is 1.21. The third kappa shape index (κ3) is 4.87. The molecule has 0 bridgehead atoms. The summed E-state index contributed by atoms with van der Waals surface area (Å²) in [5.74, 6) is -0.198. The van der Waals surface area contributed by atoms with E-state index in [1.165, 1.54) is 7.11 Å². The number of alkyl halides is 3. The number of allylic oxidation sites excluding steroid dienone is 1. The number of hydrazine groups is 1. The highest BCUT2D eigenvalue weighted by atomic mass is 19.4. The lowest BCUT2D eigenvalue weighted by Crippen LogP contribution is -2.42. The van der Waals surface area contributed by atoms with Gasteiger partial charge >= 0.3 is 12.1 Å². The first-order chi connectivity index (χ1) is 15.8. The molecule has 0 saturated heterocycles. The molecule has 172 valence electrons. The summed E-state index contributed by atoms with van der Waals surface area (Å²) in [5, 5.41) is 15.1. The summed E-state index contributed by atoms with van der Waals surface area (Å²) in [6, 6.07) is 14.3. The Labute approximate surface area is 187 Å². The van der Waals surface area contributed by atoms with Crippen molar-refractivity contribution in [3.63, 3.8) is 0 Å². The zero-order chi connectivity index (χ0) is 23.6. The van der Waals surface area contributed by atoms with Gasteiger partial charge in [-0.05, 0) is 28.8 Å². The van der Waals surface area contributed by atoms with Gasteiger partial charge in [0.05, 0.1) is 18.7 Å². The van der Waals surface area contributed by atoms with Crippen LogP contribution < -0.4 is 5.43 Å². The molecule has 2 N–H and O–H groups in total. The quantitative estimate of drug-likeness (QED) is 0.548. The first kappa shape index (κ1) is 22.5. The number of halogens is 3. The van der Waals surface area contributed by atoms with E-state index in [1.807, 2.05) is 48.5 Å². The van der Waals surface area contributed by atoms with E-state index in [-0.39, 0.29) is 17.7 Å². The third-order valence-electron chi connectivity index (χ3n) is 5.31. The highest BCUT2D eigenvalue weighted by Gasteiger charge is 2.39. The van der Waals surface area contributed by atoms with Crippen LogP contribution in [0.25, 0.3) is 22.5 Å². The van der Waals surface area contributed by atoms with Crippen LogP contribution in [0.5, 0.6) is 0 Å². The van der Waals surface area contributed by atoms with E-state index in [0.717, 1.165) is 27.3 Å². The molecule has 3 aromatic rings. The number of benzene rings is 2. The number of nitrogens with one attached hydrogen (secondary N) is 2. The van der Waals surface area contributed by atoms with Crippen LogP contribution in [-0.4, -0.2) is 57.5 Å². The summed E-state index contributed by atoms with van der Waals surface area (Å²) < 4.78 is 44.2. The minimum Gasteiger partial charge on any atom is -0.466 e. The number of esters is 1. The maximum absolute atomic E-state index is 13.1. The van der Waals surface area contributed by atoms with Gasteiger partial charge in [0.2, 0.25) is 5.82 Å². The number of methoxy groups -OCH3 is 1. The van der Waals surface area contributed by atoms with Gasteiger partial charge in [-0.3, -0.25) is 0 Å². The molecule has 0 fully saturated rings. The number of tetrazole rings is 1. The number of hydrogen-bond donors (Lipinski definition) is 2. The Bertz CT molecular complexity index is 1160. The molecule has 2 aromatic carbocycles. The van der Waals surface area contributed by atoms with Crippen LogP contribution >= 0.6 is 0 Å². The second-order valence-electron chi connectivity index (χ2n) is 7.56. The van der Waals surface area contributed by atoms with E-state index in [4.69, 9.17) is 4.74 Å². The highest BCUT2D eigenvalue weighted by Crippen LogP contribution is 2.32. The summed E-state index contributed by atoms with van der Waals surface area (Å²) in [4.78, 5) is 12.3. The normalized spacial score (nSPS) is 16.4. The largest absolute Gasteiger partial charge is 0.466 e. The second kappa shape index (κ2) is 9.02. The van der Waals surface area contributed by atoms with Crippen molar-refractivity contribution in [3.05, 3.63) is 65.4 Å². The van der Waals surface area contributed by atoms with E-state index in [9.17, 15) is 18.0 Å². The number of carbonyl (C=O) groups is 1. The molecule has 1 atom stereocenters. The molecule has 0 saturated carbocycles. The van der Waals surface area contributed by atoms with Crippen molar-refractivity contribution >= 4 is 5.97 Å². The van der Waals surface area contributed by atoms with Gasteiger partial charge in [0.15, 0.2) is 0 Å². The first-order valence-corrected chi connectivity index (χ1v) is 10.1. The van der Waals surface area contributed by atoms with Crippen molar-refractivity contribution in [1.82, 2.24) is 31.1 Å². The maximum Gasteiger partial charge on any atom is 0.407 e. The van der Waals surface area contributed by atoms with Crippen molar-refractivity contribution in [1.29, 1.82) is 0 Å². The Kier molecular flexibility index (Phi) is 6.14. The molecule has 0 amide bonds. The van der Waals surface area contributed by atoms with Crippen LogP contribution in [0.2, 0.25) is 0 Å². The number of hydrogen-bond acceptors (Lipinski definition) is 7. The molecule has 1 aliphatic rings. The Balaban J connectivity index is 1.64. The Hall–Kier alpha value is -3.73. The molecule has 8 nitrogen and oxygen atoms in total. The summed E-state index contributed by atoms with van der Waals surface area (Å²) in [6.07, 6.45) is -4.31. The fourth-order valence-electron chi connectivity index (χ4n) is 3.89. The number of aromatic amines is 1. The lowest BCUT2D eigenvalue weighted by molar-refractivity contribution is -0.146. The molecule has 1 aliphatic heterocycles. The maximum atomic E-state index is 13.1. The number of rotatable bonds is 6. The fourth-order valence-corrected chi connectivity index (χ4v) is 3.89. The lowest BCUT2D eigenvalue weighted by atomic mass is 9.96. The third-order valence-corrected chi connectivity index (χ3v) is 5.31. The predicted octanol–water partition coefficient (Wildman–Crippen LogP) is 3.27. The molecule has 0 aliphatic carbocycles. The average molecular weight is 458 g/mol. The van der Waals surface area contributed by atoms with Crippen molar-refractivity contribution in [2.75, 3.05) is 13.7 Å². The lowest BCUT2D eigenvalue weighted by Gasteiger charge is -2.24. The number of aromatic nitrogens is 4. The van der Waals surface area contributed by atoms with E-state index in [1.54, 1.807) is 6.92 Å². The zero-order valence-electron chi connectivity index (χ0n) is 17.8. The topological polar surface area (TPSA) is 96.0 Å². The summed E-state index contributed by atoms with van der Waals surface area (Å²) in [6.45, 7) is 0.407. The monoisotopic (exact) mass is 458 g/mol. The molecule has 1 aromatic heterocycles. The van der Waals surface area contributed by atoms with Gasteiger partial charge in [0.1, 0.15) is 6.54 Å². The minimum atomic E-state index is -4.44. The van der Waals surface area contributed by atoms with E-state index in [2.05, 4.69) is 26.0 Å². The van der Waals surface area contributed by atoms with Gasteiger partial charge in [0.25, 0.3) is 0 Å². The SMILES string of the molecule is COC(=O)C1=C(Cc2ccc(-c3ccccc3-c3nn[nH]n3)cc2)N(CC(F)(F)F)NC1C. The molecule has 0 spiro atoms. The summed E-state index contributed by atoms with van der Waals surface area (Å²) >= 11 is 0. The van der Waals surface area contributed by atoms with Gasteiger partial charge in [0, 0.05) is 17.7 Å². The first-order valence-electron chi connectivity index (χ1n) is 10.1. The molecule has 4 rings (SSSR count). The van der Waals surface area contributed by atoms with Crippen LogP contribution in [-0.2, 0) is 16.0 Å². The van der Waals surface area contributed by atoms with E-state index >= 15 is 0 Å². The Morgan fingerprint density at radius 1 is 1.12 bits per heavy atom. The van der Waals surface area contributed by atoms with Crippen LogP contribution in [0.15, 0.2) is 59.8 Å². The van der Waals surface area contributed by atoms with Gasteiger partial charge in [-0.2, -0.15) is 18.4 Å². The highest BCUT2D eigenvalue weighted by molar-refractivity contribution is 5.91. The molecule has 0 radical (unpaired) electrons. The second-order valence-corrected chi connectivity index (χ2v) is 7.56. The molecule has 11 heteroatoms. The van der Waals surface area contributed by atoms with Gasteiger partial charge in [-0.1, -0.05) is 48.5 Å². The number of nitrogens with zero attached hydrogens (tertiary/aromatic N) is 4. The van der Waals surface area contributed by atoms with E-state index < -0.39 is 24.7 Å². The molecular weight excluding hydrogens is 437 g/mol. The molecule has 1 unspecified atom stereocenters. The minimum absolute atomic E-state index is 0.130. The summed E-state index contributed by atoms with van der Waals surface area (Å²) in [5.41, 5.74) is 6.45. The van der Waals surface area contributed by atoms with Crippen molar-refractivity contribution in [2.24, 2.45) is 0 Å². The van der Waals surface area contributed by atoms with Crippen LogP contribution in [0.4, 0.5) is 13.2 Å². The van der Waals surface area contributed by atoms with Crippen LogP contribution in [0.3, 0.4) is 0 Å². The standard InChI is InChI=1S/C22H21F3N6O2/c1-13-19(21(32)33-2)18(31(28-13)12-22(23,24)25)11-14-7-9-15(10-8-14)16-5-3-4-6-17(16)20-26-29-30-27-20/h3-10,13,28H,11-12H2,1-2H3,(H,26,27,29,30). The van der Waals surface area contributed by atoms with Crippen LogP contribution in [0.1, 0.15) is 12.5 Å². The smallest absolute Gasteiger partial charge is 0.407 e. The van der Waals surface area contributed by atoms with E-state index in [0.29, 0.717) is 5.82 Å². The molecular formula is C22H21F3N6O2. The van der Waals surface area contributed by atoms with Crippen molar-refractivity contribution < 1.29 is 22.7 Å². The van der Waals surface area contributed by atoms with Crippen molar-refractivity contribution in [2.45, 2.75) is 25.6 Å². The predicted molar refractivity (Wildman–Crippen MR) is 113 cm³/mol. The number of carbonyl (C=O) groups excluding carboxylic acids is 1. The number of H-pyrrole nitrogens is 1. The molecule has 33 heavy (non-hydrogen) atoms. The Morgan fingerprint density at radius 2 is 1.82 bits per heavy atom.